The van der Waals surface area contributed by atoms with Gasteiger partial charge in [0.25, 0.3) is 11.5 Å². The Bertz CT molecular complexity index is 1760. The van der Waals surface area contributed by atoms with Gasteiger partial charge in [-0.05, 0) is 38.1 Å². The average molecular weight is 434 g/mol. The van der Waals surface area contributed by atoms with Gasteiger partial charge in [0.1, 0.15) is 5.65 Å². The maximum absolute atomic E-state index is 13.6. The summed E-state index contributed by atoms with van der Waals surface area (Å²) in [5, 5.41) is 9.94. The first-order chi connectivity index (χ1) is 16.0. The van der Waals surface area contributed by atoms with Gasteiger partial charge in [-0.25, -0.2) is 9.50 Å². The Balaban J connectivity index is 1.68. The third-order valence-electron chi connectivity index (χ3n) is 5.76. The van der Waals surface area contributed by atoms with Crippen molar-refractivity contribution in [2.45, 2.75) is 13.8 Å². The fourth-order valence-electron chi connectivity index (χ4n) is 4.18. The van der Waals surface area contributed by atoms with E-state index in [1.165, 1.54) is 10.9 Å². The highest BCUT2D eigenvalue weighted by Crippen LogP contribution is 2.25. The van der Waals surface area contributed by atoms with Gasteiger partial charge in [-0.1, -0.05) is 35.9 Å². The van der Waals surface area contributed by atoms with E-state index in [2.05, 4.69) is 15.2 Å². The average Bonchev–Trinajstić information content (AvgIpc) is 3.43. The van der Waals surface area contributed by atoms with Crippen molar-refractivity contribution in [3.05, 3.63) is 100 Å². The zero-order valence-electron chi connectivity index (χ0n) is 17.9. The second-order valence-electron chi connectivity index (χ2n) is 8.02. The third kappa shape index (κ3) is 2.81. The molecule has 0 amide bonds. The van der Waals surface area contributed by atoms with Crippen LogP contribution in [0.5, 0.6) is 0 Å². The number of carbonyl (C=O) groups is 1. The molecule has 8 heteroatoms. The summed E-state index contributed by atoms with van der Waals surface area (Å²) in [4.78, 5) is 31.1. The smallest absolute Gasteiger partial charge is 0.268 e. The normalized spacial score (nSPS) is 11.6. The molecule has 0 aliphatic rings. The van der Waals surface area contributed by atoms with Gasteiger partial charge in [0.2, 0.25) is 0 Å². The number of aryl methyl sites for hydroxylation is 2. The van der Waals surface area contributed by atoms with E-state index >= 15 is 0 Å². The topological polar surface area (TPSA) is 87.1 Å². The molecule has 0 N–H and O–H groups in total. The first-order valence-electron chi connectivity index (χ1n) is 10.5. The predicted octanol–water partition coefficient (Wildman–Crippen LogP) is 3.69. The van der Waals surface area contributed by atoms with Crippen LogP contribution in [0.1, 0.15) is 21.6 Å². The molecule has 0 saturated heterocycles. The van der Waals surface area contributed by atoms with E-state index < -0.39 is 0 Å². The molecule has 0 aliphatic heterocycles. The highest BCUT2D eigenvalue weighted by molar-refractivity contribution is 6.07. The minimum Gasteiger partial charge on any atom is -0.268 e. The van der Waals surface area contributed by atoms with Crippen LogP contribution < -0.4 is 5.56 Å². The van der Waals surface area contributed by atoms with E-state index in [-0.39, 0.29) is 11.5 Å². The lowest BCUT2D eigenvalue weighted by Crippen LogP contribution is -2.22. The molecule has 0 atom stereocenters. The molecule has 6 aromatic rings. The molecule has 4 aromatic heterocycles. The molecular formula is C25H18N6O2. The van der Waals surface area contributed by atoms with Gasteiger partial charge in [-0.15, -0.1) is 0 Å². The summed E-state index contributed by atoms with van der Waals surface area (Å²) in [5.41, 5.74) is 4.47. The second-order valence-corrected chi connectivity index (χ2v) is 8.02. The van der Waals surface area contributed by atoms with E-state index in [4.69, 9.17) is 0 Å². The Morgan fingerprint density at radius 2 is 1.67 bits per heavy atom. The molecule has 0 fully saturated rings. The standard InChI is InChI=1S/C25H18N6O2/c1-15-8-10-18(11-9-15)29-21-12-16(2)28-30(21)22-19-14-27-31(23(19)26-13-20(22)25(29)33)24(32)17-6-4-3-5-7-17/h3-14H,1-2H3. The number of rotatable bonds is 2. The van der Waals surface area contributed by atoms with Crippen LogP contribution in [-0.2, 0) is 0 Å². The van der Waals surface area contributed by atoms with Crippen LogP contribution in [0, 0.1) is 13.8 Å². The SMILES string of the molecule is Cc1ccc(-n2c(=O)c3cnc4c(cnn4C(=O)c4ccccc4)c3n3nc(C)cc23)cc1. The van der Waals surface area contributed by atoms with Crippen molar-refractivity contribution < 1.29 is 4.79 Å². The number of hydrogen-bond donors (Lipinski definition) is 0. The largest absolute Gasteiger partial charge is 0.280 e. The number of nitrogens with zero attached hydrogens (tertiary/aromatic N) is 6. The lowest BCUT2D eigenvalue weighted by Gasteiger charge is -2.12. The minimum atomic E-state index is -0.293. The van der Waals surface area contributed by atoms with Crippen molar-refractivity contribution in [1.82, 2.24) is 28.9 Å². The zero-order chi connectivity index (χ0) is 22.7. The minimum absolute atomic E-state index is 0.210. The quantitative estimate of drug-likeness (QED) is 0.415. The summed E-state index contributed by atoms with van der Waals surface area (Å²) in [6.45, 7) is 3.88. The van der Waals surface area contributed by atoms with Crippen molar-refractivity contribution >= 4 is 33.5 Å². The summed E-state index contributed by atoms with van der Waals surface area (Å²) >= 11 is 0. The Morgan fingerprint density at radius 1 is 0.909 bits per heavy atom. The van der Waals surface area contributed by atoms with Crippen LogP contribution in [0.15, 0.2) is 77.9 Å². The summed E-state index contributed by atoms with van der Waals surface area (Å²) in [5.74, 6) is -0.293. The summed E-state index contributed by atoms with van der Waals surface area (Å²) in [6, 6.07) is 18.5. The number of aromatic nitrogens is 6. The van der Waals surface area contributed by atoms with Crippen LogP contribution in [0.2, 0.25) is 0 Å². The van der Waals surface area contributed by atoms with Crippen molar-refractivity contribution in [2.24, 2.45) is 0 Å². The van der Waals surface area contributed by atoms with Gasteiger partial charge < -0.3 is 0 Å². The first-order valence-corrected chi connectivity index (χ1v) is 10.5. The summed E-state index contributed by atoms with van der Waals surface area (Å²) in [6.07, 6.45) is 3.06. The lowest BCUT2D eigenvalue weighted by molar-refractivity contribution is 0.0950. The summed E-state index contributed by atoms with van der Waals surface area (Å²) < 4.78 is 4.63. The van der Waals surface area contributed by atoms with Gasteiger partial charge >= 0.3 is 0 Å². The summed E-state index contributed by atoms with van der Waals surface area (Å²) in [7, 11) is 0. The Kier molecular flexibility index (Phi) is 4.03. The lowest BCUT2D eigenvalue weighted by atomic mass is 10.2. The molecule has 2 aromatic carbocycles. The van der Waals surface area contributed by atoms with Crippen molar-refractivity contribution in [1.29, 1.82) is 0 Å². The molecule has 33 heavy (non-hydrogen) atoms. The highest BCUT2D eigenvalue weighted by Gasteiger charge is 2.21. The monoisotopic (exact) mass is 434 g/mol. The molecule has 0 spiro atoms. The van der Waals surface area contributed by atoms with Gasteiger partial charge in [-0.2, -0.15) is 14.9 Å². The Morgan fingerprint density at radius 3 is 2.42 bits per heavy atom. The second kappa shape index (κ2) is 6.96. The van der Waals surface area contributed by atoms with Gasteiger partial charge in [0.15, 0.2) is 5.65 Å². The number of hydrogen-bond acceptors (Lipinski definition) is 5. The van der Waals surface area contributed by atoms with Crippen molar-refractivity contribution in [2.75, 3.05) is 0 Å². The van der Waals surface area contributed by atoms with E-state index in [1.54, 1.807) is 39.5 Å². The zero-order valence-corrected chi connectivity index (χ0v) is 17.9. The first kappa shape index (κ1) is 19.1. The molecule has 0 unspecified atom stereocenters. The number of benzene rings is 2. The number of pyridine rings is 1. The van der Waals surface area contributed by atoms with E-state index in [9.17, 15) is 9.59 Å². The molecular weight excluding hydrogens is 416 g/mol. The van der Waals surface area contributed by atoms with Crippen LogP contribution >= 0.6 is 0 Å². The Labute approximate surface area is 187 Å². The molecule has 0 aliphatic carbocycles. The predicted molar refractivity (Wildman–Crippen MR) is 125 cm³/mol. The number of carbonyl (C=O) groups excluding carboxylic acids is 1. The molecule has 6 rings (SSSR count). The highest BCUT2D eigenvalue weighted by atomic mass is 16.2. The van der Waals surface area contributed by atoms with Crippen LogP contribution in [-0.4, -0.2) is 34.9 Å². The van der Waals surface area contributed by atoms with Gasteiger partial charge in [0, 0.05) is 17.8 Å². The maximum Gasteiger partial charge on any atom is 0.280 e. The van der Waals surface area contributed by atoms with Crippen molar-refractivity contribution in [3.63, 3.8) is 0 Å². The third-order valence-corrected chi connectivity index (χ3v) is 5.76. The van der Waals surface area contributed by atoms with E-state index in [0.717, 1.165) is 16.9 Å². The van der Waals surface area contributed by atoms with Crippen molar-refractivity contribution in [3.8, 4) is 5.69 Å². The molecule has 8 nitrogen and oxygen atoms in total. The molecule has 4 heterocycles. The van der Waals surface area contributed by atoms with Gasteiger partial charge in [-0.3, -0.25) is 14.2 Å². The molecule has 0 bridgehead atoms. The fraction of sp³-hybridized carbons (Fsp3) is 0.0800. The fourth-order valence-corrected chi connectivity index (χ4v) is 4.18. The van der Waals surface area contributed by atoms with Crippen LogP contribution in [0.4, 0.5) is 0 Å². The molecule has 0 radical (unpaired) electrons. The Hall–Kier alpha value is -4.59. The van der Waals surface area contributed by atoms with Gasteiger partial charge in [0.05, 0.1) is 33.9 Å². The van der Waals surface area contributed by atoms with Crippen LogP contribution in [0.3, 0.4) is 0 Å². The maximum atomic E-state index is 13.6. The number of fused-ring (bicyclic) bond motifs is 5. The van der Waals surface area contributed by atoms with Crippen LogP contribution in [0.25, 0.3) is 33.3 Å². The van der Waals surface area contributed by atoms with E-state index in [1.807, 2.05) is 50.2 Å². The van der Waals surface area contributed by atoms with E-state index in [0.29, 0.717) is 33.1 Å². The molecule has 160 valence electrons. The molecule has 0 saturated carbocycles.